The molecule has 0 bridgehead atoms. The Hall–Kier alpha value is -0.660. The van der Waals surface area contributed by atoms with Gasteiger partial charge in [0, 0.05) is 13.0 Å². The number of primary sulfonamides is 1. The summed E-state index contributed by atoms with van der Waals surface area (Å²) in [5, 5.41) is 7.34. The van der Waals surface area contributed by atoms with Crippen molar-refractivity contribution in [2.45, 2.75) is 32.6 Å². The zero-order chi connectivity index (χ0) is 13.3. The second kappa shape index (κ2) is 8.43. The van der Waals surface area contributed by atoms with Gasteiger partial charge in [-0.25, -0.2) is 13.6 Å². The first kappa shape index (κ1) is 16.3. The molecule has 5 N–H and O–H groups in total. The van der Waals surface area contributed by atoms with Gasteiger partial charge >= 0.3 is 0 Å². The van der Waals surface area contributed by atoms with Crippen LogP contribution < -0.4 is 16.2 Å². The summed E-state index contributed by atoms with van der Waals surface area (Å²) in [6.45, 7) is 2.77. The minimum atomic E-state index is -3.50. The molecule has 0 aromatic rings. The van der Waals surface area contributed by atoms with E-state index in [0.29, 0.717) is 18.9 Å². The molecular weight excluding hydrogens is 242 g/mol. The van der Waals surface area contributed by atoms with Crippen LogP contribution in [0.4, 0.5) is 0 Å². The topological polar surface area (TPSA) is 115 Å². The van der Waals surface area contributed by atoms with Crippen molar-refractivity contribution in [2.75, 3.05) is 18.8 Å². The lowest BCUT2D eigenvalue weighted by atomic mass is 9.96. The van der Waals surface area contributed by atoms with Crippen LogP contribution in [0.3, 0.4) is 0 Å². The number of hydrogen-bond donors (Lipinski definition) is 3. The Bertz CT molecular complexity index is 317. The van der Waals surface area contributed by atoms with Crippen LogP contribution in [0.5, 0.6) is 0 Å². The maximum absolute atomic E-state index is 11.4. The molecule has 17 heavy (non-hydrogen) atoms. The molecule has 0 radical (unpaired) electrons. The van der Waals surface area contributed by atoms with Crippen molar-refractivity contribution in [3.05, 3.63) is 0 Å². The van der Waals surface area contributed by atoms with Crippen LogP contribution in [0.1, 0.15) is 32.6 Å². The molecule has 0 fully saturated rings. The third-order valence-electron chi connectivity index (χ3n) is 2.64. The third kappa shape index (κ3) is 10.2. The van der Waals surface area contributed by atoms with Crippen LogP contribution >= 0.6 is 0 Å². The van der Waals surface area contributed by atoms with E-state index < -0.39 is 10.0 Å². The summed E-state index contributed by atoms with van der Waals surface area (Å²) in [5.74, 6) is 0.103. The SMILES string of the molecule is CCC(CCN)CCC(=O)NCCS(N)(=O)=O. The minimum absolute atomic E-state index is 0.0747. The molecule has 0 saturated heterocycles. The van der Waals surface area contributed by atoms with E-state index in [1.54, 1.807) is 0 Å². The number of carbonyl (C=O) groups excluding carboxylic acids is 1. The van der Waals surface area contributed by atoms with E-state index >= 15 is 0 Å². The van der Waals surface area contributed by atoms with Crippen LogP contribution in [0.15, 0.2) is 0 Å². The molecule has 0 spiro atoms. The average Bonchev–Trinajstić information content (AvgIpc) is 2.22. The van der Waals surface area contributed by atoms with Crippen molar-refractivity contribution < 1.29 is 13.2 Å². The van der Waals surface area contributed by atoms with Crippen molar-refractivity contribution >= 4 is 15.9 Å². The molecule has 7 heteroatoms. The summed E-state index contributed by atoms with van der Waals surface area (Å²) in [4.78, 5) is 11.4. The summed E-state index contributed by atoms with van der Waals surface area (Å²) in [6, 6.07) is 0. The van der Waals surface area contributed by atoms with Gasteiger partial charge in [-0.15, -0.1) is 0 Å². The predicted molar refractivity (Wildman–Crippen MR) is 67.7 cm³/mol. The molecule has 0 aliphatic rings. The fraction of sp³-hybridized carbons (Fsp3) is 0.900. The van der Waals surface area contributed by atoms with Gasteiger partial charge in [-0.3, -0.25) is 4.79 Å². The molecule has 0 aromatic carbocycles. The van der Waals surface area contributed by atoms with Gasteiger partial charge in [0.2, 0.25) is 15.9 Å². The van der Waals surface area contributed by atoms with Crippen LogP contribution in [0.2, 0.25) is 0 Å². The second-order valence-corrected chi connectivity index (χ2v) is 5.84. The average molecular weight is 265 g/mol. The molecule has 1 unspecified atom stereocenters. The Morgan fingerprint density at radius 1 is 1.35 bits per heavy atom. The third-order valence-corrected chi connectivity index (χ3v) is 3.41. The molecule has 0 rings (SSSR count). The zero-order valence-electron chi connectivity index (χ0n) is 10.3. The molecule has 6 nitrogen and oxygen atoms in total. The van der Waals surface area contributed by atoms with Crippen LogP contribution in [-0.2, 0) is 14.8 Å². The molecule has 102 valence electrons. The normalized spacial score (nSPS) is 13.4. The fourth-order valence-electron chi connectivity index (χ4n) is 1.54. The van der Waals surface area contributed by atoms with E-state index in [4.69, 9.17) is 10.9 Å². The van der Waals surface area contributed by atoms with Crippen LogP contribution in [-0.4, -0.2) is 33.2 Å². The number of sulfonamides is 1. The number of hydrogen-bond acceptors (Lipinski definition) is 4. The minimum Gasteiger partial charge on any atom is -0.355 e. The van der Waals surface area contributed by atoms with E-state index in [-0.39, 0.29) is 18.2 Å². The summed E-state index contributed by atoms with van der Waals surface area (Å²) in [7, 11) is -3.50. The number of nitrogens with one attached hydrogen (secondary N) is 1. The van der Waals surface area contributed by atoms with Crippen molar-refractivity contribution in [3.63, 3.8) is 0 Å². The van der Waals surface area contributed by atoms with Crippen molar-refractivity contribution in [1.82, 2.24) is 5.32 Å². The van der Waals surface area contributed by atoms with Gasteiger partial charge in [0.15, 0.2) is 0 Å². The molecule has 1 atom stereocenters. The summed E-state index contributed by atoms with van der Waals surface area (Å²) >= 11 is 0. The highest BCUT2D eigenvalue weighted by Gasteiger charge is 2.09. The molecule has 0 aromatic heterocycles. The quantitative estimate of drug-likeness (QED) is 0.523. The van der Waals surface area contributed by atoms with Gasteiger partial charge in [0.1, 0.15) is 0 Å². The second-order valence-electron chi connectivity index (χ2n) is 4.11. The monoisotopic (exact) mass is 265 g/mol. The van der Waals surface area contributed by atoms with Gasteiger partial charge in [0.25, 0.3) is 0 Å². The molecule has 0 aliphatic heterocycles. The lowest BCUT2D eigenvalue weighted by Crippen LogP contribution is -2.31. The Labute approximate surface area is 103 Å². The van der Waals surface area contributed by atoms with E-state index in [1.165, 1.54) is 0 Å². The molecule has 0 aliphatic carbocycles. The maximum Gasteiger partial charge on any atom is 0.220 e. The number of nitrogens with two attached hydrogens (primary N) is 2. The first-order valence-electron chi connectivity index (χ1n) is 5.86. The van der Waals surface area contributed by atoms with Gasteiger partial charge < -0.3 is 11.1 Å². The van der Waals surface area contributed by atoms with Crippen LogP contribution in [0, 0.1) is 5.92 Å². The first-order chi connectivity index (χ1) is 7.89. The van der Waals surface area contributed by atoms with Gasteiger partial charge in [-0.2, -0.15) is 0 Å². The number of rotatable bonds is 9. The number of carbonyl (C=O) groups is 1. The lowest BCUT2D eigenvalue weighted by Gasteiger charge is -2.12. The largest absolute Gasteiger partial charge is 0.355 e. The Morgan fingerprint density at radius 2 is 2.00 bits per heavy atom. The van der Waals surface area contributed by atoms with E-state index in [2.05, 4.69) is 12.2 Å². The smallest absolute Gasteiger partial charge is 0.220 e. The fourth-order valence-corrected chi connectivity index (χ4v) is 1.93. The Kier molecular flexibility index (Phi) is 8.11. The van der Waals surface area contributed by atoms with Gasteiger partial charge in [0.05, 0.1) is 5.75 Å². The lowest BCUT2D eigenvalue weighted by molar-refractivity contribution is -0.121. The van der Waals surface area contributed by atoms with Crippen molar-refractivity contribution in [2.24, 2.45) is 16.8 Å². The summed E-state index contributed by atoms with van der Waals surface area (Å²) < 4.78 is 21.2. The van der Waals surface area contributed by atoms with E-state index in [0.717, 1.165) is 19.3 Å². The van der Waals surface area contributed by atoms with E-state index in [1.807, 2.05) is 0 Å². The summed E-state index contributed by atoms with van der Waals surface area (Å²) in [6.07, 6.45) is 3.11. The standard InChI is InChI=1S/C10H23N3O3S/c1-2-9(5-6-11)3-4-10(14)13-7-8-17(12,15)16/h9H,2-8,11H2,1H3,(H,13,14)(H2,12,15,16). The highest BCUT2D eigenvalue weighted by atomic mass is 32.2. The molecule has 0 saturated carbocycles. The van der Waals surface area contributed by atoms with Crippen molar-refractivity contribution in [1.29, 1.82) is 0 Å². The molecular formula is C10H23N3O3S. The first-order valence-corrected chi connectivity index (χ1v) is 7.57. The van der Waals surface area contributed by atoms with Gasteiger partial charge in [-0.05, 0) is 25.3 Å². The maximum atomic E-state index is 11.4. The highest BCUT2D eigenvalue weighted by molar-refractivity contribution is 7.89. The Morgan fingerprint density at radius 3 is 2.47 bits per heavy atom. The van der Waals surface area contributed by atoms with Crippen LogP contribution in [0.25, 0.3) is 0 Å². The Balaban J connectivity index is 3.72. The van der Waals surface area contributed by atoms with Crippen molar-refractivity contribution in [3.8, 4) is 0 Å². The summed E-state index contributed by atoms with van der Waals surface area (Å²) in [5.41, 5.74) is 5.46. The molecule has 1 amide bonds. The zero-order valence-corrected chi connectivity index (χ0v) is 11.1. The molecule has 0 heterocycles. The van der Waals surface area contributed by atoms with E-state index in [9.17, 15) is 13.2 Å². The van der Waals surface area contributed by atoms with Gasteiger partial charge in [-0.1, -0.05) is 13.3 Å². The predicted octanol–water partition coefficient (Wildman–Crippen LogP) is -0.454. The number of amides is 1. The highest BCUT2D eigenvalue weighted by Crippen LogP contribution is 2.13.